The molecule has 0 rings (SSSR count). The van der Waals surface area contributed by atoms with E-state index >= 15 is 0 Å². The van der Waals surface area contributed by atoms with Gasteiger partial charge in [0.15, 0.2) is 0 Å². The van der Waals surface area contributed by atoms with E-state index in [1.165, 1.54) is 18.4 Å². The summed E-state index contributed by atoms with van der Waals surface area (Å²) in [7, 11) is 0.128. The molecule has 0 fully saturated rings. The summed E-state index contributed by atoms with van der Waals surface area (Å²) < 4.78 is 22.6. The molecule has 0 saturated carbocycles. The number of hydrogen-bond acceptors (Lipinski definition) is 2. The monoisotopic (exact) mass is 249 g/mol. The van der Waals surface area contributed by atoms with E-state index < -0.39 is 10.0 Å². The molecule has 0 unspecified atom stereocenters. The minimum absolute atomic E-state index is 0.151. The van der Waals surface area contributed by atoms with Crippen molar-refractivity contribution in [2.24, 2.45) is 0 Å². The quantitative estimate of drug-likeness (QED) is 0.520. The van der Waals surface area contributed by atoms with Crippen molar-refractivity contribution in [2.75, 3.05) is 17.9 Å². The summed E-state index contributed by atoms with van der Waals surface area (Å²) in [6, 6.07) is 0. The summed E-state index contributed by atoms with van der Waals surface area (Å²) in [4.78, 5) is 0. The van der Waals surface area contributed by atoms with Crippen molar-refractivity contribution in [1.29, 1.82) is 0 Å². The largest absolute Gasteiger partial charge is 0.222 e. The molecule has 0 aliphatic carbocycles. The molecule has 50 valence electrons. The molecule has 0 aliphatic heterocycles. The lowest BCUT2D eigenvalue weighted by molar-refractivity contribution is 0.527. The van der Waals surface area contributed by atoms with Gasteiger partial charge in [0.05, 0.1) is 0 Å². The fraction of sp³-hybridized carbons (Fsp3) is 1.00. The Hall–Kier alpha value is 0.640. The van der Waals surface area contributed by atoms with Crippen LogP contribution in [0.2, 0.25) is 0 Å². The van der Waals surface area contributed by atoms with Crippen LogP contribution in [0.1, 0.15) is 0 Å². The van der Waals surface area contributed by atoms with Crippen LogP contribution in [0.4, 0.5) is 0 Å². The normalized spacial score (nSPS) is 12.5. The summed E-state index contributed by atoms with van der Waals surface area (Å²) in [5.74, 6) is 0. The number of halogens is 1. The van der Waals surface area contributed by atoms with Gasteiger partial charge in [-0.2, -0.15) is 0 Å². The molecule has 0 heterocycles. The van der Waals surface area contributed by atoms with Gasteiger partial charge in [-0.25, -0.2) is 12.7 Å². The van der Waals surface area contributed by atoms with Crippen molar-refractivity contribution in [1.82, 2.24) is 4.31 Å². The predicted molar refractivity (Wildman–Crippen MR) is 41.5 cm³/mol. The van der Waals surface area contributed by atoms with Gasteiger partial charge in [0, 0.05) is 14.1 Å². The Kier molecular flexibility index (Phi) is 3.21. The molecule has 0 bridgehead atoms. The molecule has 8 heavy (non-hydrogen) atoms. The van der Waals surface area contributed by atoms with E-state index in [2.05, 4.69) is 0 Å². The average Bonchev–Trinajstić information content (AvgIpc) is 1.67. The Morgan fingerprint density at radius 2 is 1.88 bits per heavy atom. The van der Waals surface area contributed by atoms with Crippen LogP contribution in [0.25, 0.3) is 0 Å². The smallest absolute Gasteiger partial charge is 0.211 e. The second kappa shape index (κ2) is 2.98. The van der Waals surface area contributed by atoms with Crippen molar-refractivity contribution in [3.63, 3.8) is 0 Å². The number of sulfonamides is 1. The Bertz CT molecular complexity index is 151. The highest BCUT2D eigenvalue weighted by Gasteiger charge is 2.08. The minimum atomic E-state index is -2.92. The number of rotatable bonds is 2. The molecular formula is C3H8INO2S. The van der Waals surface area contributed by atoms with Crippen molar-refractivity contribution in [3.05, 3.63) is 0 Å². The van der Waals surface area contributed by atoms with Gasteiger partial charge in [-0.1, -0.05) is 22.6 Å². The lowest BCUT2D eigenvalue weighted by atomic mass is 11.3. The van der Waals surface area contributed by atoms with E-state index in [1.54, 1.807) is 0 Å². The lowest BCUT2D eigenvalue weighted by Gasteiger charge is -2.06. The van der Waals surface area contributed by atoms with Crippen LogP contribution in [0, 0.1) is 0 Å². The van der Waals surface area contributed by atoms with Gasteiger partial charge in [-0.3, -0.25) is 0 Å². The number of nitrogens with zero attached hydrogens (tertiary/aromatic N) is 1. The van der Waals surface area contributed by atoms with Crippen LogP contribution in [-0.2, 0) is 10.0 Å². The zero-order valence-corrected chi connectivity index (χ0v) is 7.73. The van der Waals surface area contributed by atoms with Crippen molar-refractivity contribution in [2.45, 2.75) is 0 Å². The zero-order valence-electron chi connectivity index (χ0n) is 4.76. The van der Waals surface area contributed by atoms with Gasteiger partial charge in [-0.05, 0) is 0 Å². The molecule has 0 saturated heterocycles. The first-order valence-electron chi connectivity index (χ1n) is 1.97. The highest BCUT2D eigenvalue weighted by atomic mass is 127. The van der Waals surface area contributed by atoms with Crippen LogP contribution < -0.4 is 0 Å². The molecule has 5 heteroatoms. The highest BCUT2D eigenvalue weighted by molar-refractivity contribution is 14.1. The van der Waals surface area contributed by atoms with E-state index in [0.717, 1.165) is 0 Å². The molecule has 0 aromatic carbocycles. The molecular weight excluding hydrogens is 241 g/mol. The van der Waals surface area contributed by atoms with Crippen LogP contribution in [0.15, 0.2) is 0 Å². The molecule has 0 amide bonds. The van der Waals surface area contributed by atoms with Gasteiger partial charge < -0.3 is 0 Å². The van der Waals surface area contributed by atoms with Crippen LogP contribution in [0.3, 0.4) is 0 Å². The standard InChI is InChI=1S/C3H8INO2S/c1-5(2)8(6,7)3-4/h3H2,1-2H3. The average molecular weight is 249 g/mol. The molecule has 0 N–H and O–H groups in total. The topological polar surface area (TPSA) is 37.4 Å². The summed E-state index contributed by atoms with van der Waals surface area (Å²) >= 11 is 1.82. The maximum Gasteiger partial charge on any atom is 0.222 e. The molecule has 0 radical (unpaired) electrons. The maximum absolute atomic E-state index is 10.6. The fourth-order valence-electron chi connectivity index (χ4n) is 0.0976. The van der Waals surface area contributed by atoms with E-state index in [0.29, 0.717) is 0 Å². The van der Waals surface area contributed by atoms with Gasteiger partial charge in [0.25, 0.3) is 0 Å². The van der Waals surface area contributed by atoms with Crippen LogP contribution in [0.5, 0.6) is 0 Å². The Balaban J connectivity index is 4.17. The van der Waals surface area contributed by atoms with Crippen molar-refractivity contribution in [3.8, 4) is 0 Å². The van der Waals surface area contributed by atoms with E-state index in [9.17, 15) is 8.42 Å². The molecule has 0 atom stereocenters. The second-order valence-electron chi connectivity index (χ2n) is 1.50. The van der Waals surface area contributed by atoms with Gasteiger partial charge in [-0.15, -0.1) is 0 Å². The third-order valence-electron chi connectivity index (χ3n) is 0.694. The number of alkyl halides is 1. The predicted octanol–water partition coefficient (Wildman–Crippen LogP) is 0.270. The first-order chi connectivity index (χ1) is 3.50. The van der Waals surface area contributed by atoms with Crippen LogP contribution >= 0.6 is 22.6 Å². The van der Waals surface area contributed by atoms with Gasteiger partial charge in [0.1, 0.15) is 3.76 Å². The van der Waals surface area contributed by atoms with E-state index in [4.69, 9.17) is 0 Å². The highest BCUT2D eigenvalue weighted by Crippen LogP contribution is 1.97. The zero-order chi connectivity index (χ0) is 6.78. The second-order valence-corrected chi connectivity index (χ2v) is 5.48. The maximum atomic E-state index is 10.6. The van der Waals surface area contributed by atoms with E-state index in [1.807, 2.05) is 22.6 Å². The third kappa shape index (κ3) is 2.27. The van der Waals surface area contributed by atoms with Crippen molar-refractivity contribution >= 4 is 32.6 Å². The Morgan fingerprint density at radius 1 is 1.50 bits per heavy atom. The Labute approximate surface area is 63.3 Å². The summed E-state index contributed by atoms with van der Waals surface area (Å²) in [5.41, 5.74) is 0. The molecule has 3 nitrogen and oxygen atoms in total. The van der Waals surface area contributed by atoms with Crippen molar-refractivity contribution < 1.29 is 8.42 Å². The molecule has 0 aromatic heterocycles. The summed E-state index contributed by atoms with van der Waals surface area (Å²) in [6.07, 6.45) is 0. The SMILES string of the molecule is CN(C)S(=O)(=O)CI. The first-order valence-corrected chi connectivity index (χ1v) is 5.10. The molecule has 0 aromatic rings. The van der Waals surface area contributed by atoms with E-state index in [-0.39, 0.29) is 3.76 Å². The summed E-state index contributed by atoms with van der Waals surface area (Å²) in [5, 5.41) is 0. The van der Waals surface area contributed by atoms with Gasteiger partial charge >= 0.3 is 0 Å². The summed E-state index contributed by atoms with van der Waals surface area (Å²) in [6.45, 7) is 0. The fourth-order valence-corrected chi connectivity index (χ4v) is 1.96. The van der Waals surface area contributed by atoms with Gasteiger partial charge in [0.2, 0.25) is 10.0 Å². The van der Waals surface area contributed by atoms with Crippen LogP contribution in [-0.4, -0.2) is 30.6 Å². The first kappa shape index (κ1) is 8.64. The molecule has 0 aliphatic rings. The minimum Gasteiger partial charge on any atom is -0.211 e. The lowest BCUT2D eigenvalue weighted by Crippen LogP contribution is -2.22. The number of hydrogen-bond donors (Lipinski definition) is 0. The Morgan fingerprint density at radius 3 is 1.88 bits per heavy atom. The molecule has 0 spiro atoms. The third-order valence-corrected chi connectivity index (χ3v) is 4.44.